The molecule has 11 heteroatoms. The zero-order chi connectivity index (χ0) is 20.5. The van der Waals surface area contributed by atoms with Gasteiger partial charge in [0.15, 0.2) is 10.6 Å². The quantitative estimate of drug-likeness (QED) is 0.697. The molecule has 0 bridgehead atoms. The first kappa shape index (κ1) is 20.6. The van der Waals surface area contributed by atoms with Gasteiger partial charge in [-0.05, 0) is 44.3 Å². The summed E-state index contributed by atoms with van der Waals surface area (Å²) < 4.78 is 35.1. The average molecular weight is 426 g/mol. The van der Waals surface area contributed by atoms with Crippen molar-refractivity contribution in [2.24, 2.45) is 7.05 Å². The number of amides is 1. The zero-order valence-electron chi connectivity index (χ0n) is 15.9. The summed E-state index contributed by atoms with van der Waals surface area (Å²) in [5.74, 6) is 0.174. The normalized spacial score (nSPS) is 20.8. The minimum absolute atomic E-state index is 0.0830. The van der Waals surface area contributed by atoms with Crippen LogP contribution in [0.5, 0.6) is 0 Å². The summed E-state index contributed by atoms with van der Waals surface area (Å²) in [6, 6.07) is 6.01. The molecule has 1 fully saturated rings. The lowest BCUT2D eigenvalue weighted by Crippen LogP contribution is -2.48. The molecule has 2 aromatic rings. The molecular weight excluding hydrogens is 402 g/mol. The van der Waals surface area contributed by atoms with Gasteiger partial charge in [0.25, 0.3) is 5.91 Å². The molecule has 2 heterocycles. The second kappa shape index (κ2) is 8.11. The van der Waals surface area contributed by atoms with E-state index in [-0.39, 0.29) is 42.3 Å². The maximum atomic E-state index is 13.0. The molecule has 1 amide bonds. The lowest BCUT2D eigenvalue weighted by atomic mass is 10.2. The summed E-state index contributed by atoms with van der Waals surface area (Å²) in [6.45, 7) is 4.40. The van der Waals surface area contributed by atoms with Gasteiger partial charge in [-0.25, -0.2) is 8.42 Å². The molecule has 3 rings (SSSR count). The van der Waals surface area contributed by atoms with Crippen molar-refractivity contribution in [3.05, 3.63) is 40.4 Å². The minimum atomic E-state index is -3.72. The van der Waals surface area contributed by atoms with Crippen LogP contribution in [0.15, 0.2) is 29.2 Å². The van der Waals surface area contributed by atoms with Crippen molar-refractivity contribution in [3.63, 3.8) is 0 Å². The van der Waals surface area contributed by atoms with Gasteiger partial charge in [-0.2, -0.15) is 9.40 Å². The van der Waals surface area contributed by atoms with E-state index in [1.807, 2.05) is 13.8 Å². The van der Waals surface area contributed by atoms with Crippen molar-refractivity contribution >= 4 is 28.1 Å². The van der Waals surface area contributed by atoms with Crippen LogP contribution in [0.3, 0.4) is 0 Å². The molecule has 1 aromatic heterocycles. The van der Waals surface area contributed by atoms with Crippen LogP contribution in [0.2, 0.25) is 0 Å². The summed E-state index contributed by atoms with van der Waals surface area (Å²) in [6.07, 6.45) is -0.372. The number of hydrogen-bond acceptors (Lipinski definition) is 6. The van der Waals surface area contributed by atoms with E-state index >= 15 is 0 Å². The number of ether oxygens (including phenoxy) is 1. The standard InChI is InChI=1S/C17H23N5O4S2/c1-11-9-22(10-12(2)26-11)28(24,25)14-6-4-5-13(7-14)16(23)18-8-15-19-20-17(27)21(15)3/h4-7,11-12H,8-10H2,1-3H3,(H,18,23)(H,20,27). The lowest BCUT2D eigenvalue weighted by Gasteiger charge is -2.34. The predicted molar refractivity (Wildman–Crippen MR) is 105 cm³/mol. The molecule has 0 saturated carbocycles. The predicted octanol–water partition coefficient (Wildman–Crippen LogP) is 1.21. The maximum absolute atomic E-state index is 13.0. The number of sulfonamides is 1. The Labute approximate surface area is 168 Å². The second-order valence-corrected chi connectivity index (χ2v) is 9.12. The van der Waals surface area contributed by atoms with Crippen LogP contribution in [0.25, 0.3) is 0 Å². The fraction of sp³-hybridized carbons (Fsp3) is 0.471. The molecule has 0 spiro atoms. The van der Waals surface area contributed by atoms with E-state index in [9.17, 15) is 13.2 Å². The monoisotopic (exact) mass is 425 g/mol. The third-order valence-electron chi connectivity index (χ3n) is 4.50. The number of aromatic amines is 1. The van der Waals surface area contributed by atoms with Gasteiger partial charge in [-0.1, -0.05) is 6.07 Å². The van der Waals surface area contributed by atoms with Gasteiger partial charge >= 0.3 is 0 Å². The Bertz CT molecular complexity index is 1020. The van der Waals surface area contributed by atoms with Crippen molar-refractivity contribution < 1.29 is 17.9 Å². The van der Waals surface area contributed by atoms with Gasteiger partial charge in [0.1, 0.15) is 0 Å². The van der Waals surface area contributed by atoms with E-state index in [0.717, 1.165) is 0 Å². The van der Waals surface area contributed by atoms with Gasteiger partial charge in [0.2, 0.25) is 10.0 Å². The van der Waals surface area contributed by atoms with Gasteiger partial charge in [0.05, 0.1) is 23.6 Å². The van der Waals surface area contributed by atoms with E-state index in [1.165, 1.54) is 16.4 Å². The number of carbonyl (C=O) groups is 1. The maximum Gasteiger partial charge on any atom is 0.251 e. The zero-order valence-corrected chi connectivity index (χ0v) is 17.5. The molecule has 2 atom stereocenters. The van der Waals surface area contributed by atoms with E-state index in [2.05, 4.69) is 15.5 Å². The number of rotatable bonds is 5. The highest BCUT2D eigenvalue weighted by atomic mass is 32.2. The third kappa shape index (κ3) is 4.32. The molecule has 1 aromatic carbocycles. The molecule has 1 aliphatic heterocycles. The minimum Gasteiger partial charge on any atom is -0.373 e. The number of aromatic nitrogens is 3. The van der Waals surface area contributed by atoms with Crippen LogP contribution in [0.4, 0.5) is 0 Å². The molecule has 0 radical (unpaired) electrons. The van der Waals surface area contributed by atoms with Crippen LogP contribution in [-0.2, 0) is 28.4 Å². The fourth-order valence-electron chi connectivity index (χ4n) is 3.07. The number of hydrogen-bond donors (Lipinski definition) is 2. The summed E-state index contributed by atoms with van der Waals surface area (Å²) in [5.41, 5.74) is 0.257. The molecular formula is C17H23N5O4S2. The van der Waals surface area contributed by atoms with Crippen LogP contribution in [-0.4, -0.2) is 58.7 Å². The first-order chi connectivity index (χ1) is 13.2. The Morgan fingerprint density at radius 3 is 2.64 bits per heavy atom. The Kier molecular flexibility index (Phi) is 5.98. The van der Waals surface area contributed by atoms with E-state index in [1.54, 1.807) is 23.7 Å². The molecule has 0 aliphatic carbocycles. The Morgan fingerprint density at radius 1 is 1.36 bits per heavy atom. The van der Waals surface area contributed by atoms with Gasteiger partial charge in [-0.15, -0.1) is 0 Å². The Balaban J connectivity index is 1.76. The summed E-state index contributed by atoms with van der Waals surface area (Å²) in [5, 5.41) is 9.40. The van der Waals surface area contributed by atoms with Gasteiger partial charge in [-0.3, -0.25) is 9.89 Å². The first-order valence-corrected chi connectivity index (χ1v) is 10.7. The topological polar surface area (TPSA) is 109 Å². The first-order valence-electron chi connectivity index (χ1n) is 8.82. The third-order valence-corrected chi connectivity index (χ3v) is 6.69. The Hall–Kier alpha value is -2.08. The molecule has 152 valence electrons. The summed E-state index contributed by atoms with van der Waals surface area (Å²) in [7, 11) is -1.98. The van der Waals surface area contributed by atoms with Crippen LogP contribution in [0, 0.1) is 4.77 Å². The molecule has 1 aliphatic rings. The second-order valence-electron chi connectivity index (χ2n) is 6.79. The number of benzene rings is 1. The van der Waals surface area contributed by atoms with Crippen LogP contribution < -0.4 is 5.32 Å². The Morgan fingerprint density at radius 2 is 2.04 bits per heavy atom. The highest BCUT2D eigenvalue weighted by molar-refractivity contribution is 7.89. The fourth-order valence-corrected chi connectivity index (χ4v) is 4.86. The van der Waals surface area contributed by atoms with Crippen LogP contribution in [0.1, 0.15) is 30.0 Å². The summed E-state index contributed by atoms with van der Waals surface area (Å²) >= 11 is 5.04. The van der Waals surface area contributed by atoms with E-state index in [0.29, 0.717) is 10.6 Å². The number of carbonyl (C=O) groups excluding carboxylic acids is 1. The van der Waals surface area contributed by atoms with Crippen molar-refractivity contribution in [2.45, 2.75) is 37.5 Å². The molecule has 2 unspecified atom stereocenters. The van der Waals surface area contributed by atoms with Gasteiger partial charge in [0, 0.05) is 25.7 Å². The van der Waals surface area contributed by atoms with Crippen molar-refractivity contribution in [2.75, 3.05) is 13.1 Å². The number of nitrogens with one attached hydrogen (secondary N) is 2. The smallest absolute Gasteiger partial charge is 0.251 e. The average Bonchev–Trinajstić information content (AvgIpc) is 2.97. The van der Waals surface area contributed by atoms with Crippen molar-refractivity contribution in [1.29, 1.82) is 0 Å². The molecule has 28 heavy (non-hydrogen) atoms. The highest BCUT2D eigenvalue weighted by Crippen LogP contribution is 2.22. The SMILES string of the molecule is CC1CN(S(=O)(=O)c2cccc(C(=O)NCc3n[nH]c(=S)n3C)c2)CC(C)O1. The number of morpholine rings is 1. The lowest BCUT2D eigenvalue weighted by molar-refractivity contribution is -0.0440. The van der Waals surface area contributed by atoms with Crippen LogP contribution >= 0.6 is 12.2 Å². The van der Waals surface area contributed by atoms with E-state index in [4.69, 9.17) is 17.0 Å². The molecule has 1 saturated heterocycles. The highest BCUT2D eigenvalue weighted by Gasteiger charge is 2.32. The number of H-pyrrole nitrogens is 1. The summed E-state index contributed by atoms with van der Waals surface area (Å²) in [4.78, 5) is 12.6. The molecule has 9 nitrogen and oxygen atoms in total. The van der Waals surface area contributed by atoms with E-state index < -0.39 is 15.9 Å². The van der Waals surface area contributed by atoms with Gasteiger partial charge < -0.3 is 14.6 Å². The van der Waals surface area contributed by atoms with Crippen molar-refractivity contribution in [3.8, 4) is 0 Å². The van der Waals surface area contributed by atoms with Crippen molar-refractivity contribution in [1.82, 2.24) is 24.4 Å². The molecule has 2 N–H and O–H groups in total. The number of nitrogens with zero attached hydrogens (tertiary/aromatic N) is 3. The largest absolute Gasteiger partial charge is 0.373 e.